The molecular formula is C30H22N6O10. The van der Waals surface area contributed by atoms with Crippen LogP contribution < -0.4 is 0 Å². The first-order valence-electron chi connectivity index (χ1n) is 13.6. The molecule has 1 aliphatic heterocycles. The van der Waals surface area contributed by atoms with Crippen LogP contribution in [0.5, 0.6) is 0 Å². The highest BCUT2D eigenvalue weighted by Crippen LogP contribution is 2.31. The zero-order chi connectivity index (χ0) is 32.0. The number of rotatable bonds is 3. The summed E-state index contributed by atoms with van der Waals surface area (Å²) >= 11 is 0. The van der Waals surface area contributed by atoms with Crippen LogP contribution in [0.1, 0.15) is 54.8 Å². The summed E-state index contributed by atoms with van der Waals surface area (Å²) in [6, 6.07) is 0. The second-order valence-corrected chi connectivity index (χ2v) is 9.58. The van der Waals surface area contributed by atoms with Gasteiger partial charge in [-0.2, -0.15) is 9.59 Å². The molecule has 46 heavy (non-hydrogen) atoms. The molecule has 7 heterocycles. The summed E-state index contributed by atoms with van der Waals surface area (Å²) in [6.07, 6.45) is 16.7. The molecule has 0 saturated heterocycles. The highest BCUT2D eigenvalue weighted by molar-refractivity contribution is 5.71. The number of allylic oxidation sites excluding steroid dienone is 2. The monoisotopic (exact) mass is 626 g/mol. The molecular weight excluding hydrogens is 604 g/mol. The maximum atomic E-state index is 12.2. The number of carbonyl (C=O) groups is 1. The third kappa shape index (κ3) is 6.27. The molecule has 12 bridgehead atoms. The molecule has 16 heteroatoms. The van der Waals surface area contributed by atoms with Crippen LogP contribution >= 0.6 is 0 Å². The van der Waals surface area contributed by atoms with Crippen molar-refractivity contribution in [3.8, 4) is 46.3 Å². The lowest BCUT2D eigenvalue weighted by molar-refractivity contribution is -0.191. The molecule has 0 aliphatic carbocycles. The van der Waals surface area contributed by atoms with E-state index in [9.17, 15) is 4.79 Å². The zero-order valence-corrected chi connectivity index (χ0v) is 24.1. The van der Waals surface area contributed by atoms with Gasteiger partial charge >= 0.3 is 12.1 Å². The summed E-state index contributed by atoms with van der Waals surface area (Å²) in [5.74, 6) is 0.490. The molecule has 0 amide bonds. The Balaban J connectivity index is 0.00000119. The molecule has 7 rings (SSSR count). The molecule has 2 unspecified atom stereocenters. The summed E-state index contributed by atoms with van der Waals surface area (Å²) in [5.41, 5.74) is 2.54. The second-order valence-electron chi connectivity index (χ2n) is 9.58. The number of oxazole rings is 6. The van der Waals surface area contributed by atoms with Gasteiger partial charge in [0.15, 0.2) is 22.8 Å². The van der Waals surface area contributed by atoms with E-state index in [1.54, 1.807) is 12.2 Å². The van der Waals surface area contributed by atoms with Gasteiger partial charge in [-0.1, -0.05) is 19.1 Å². The first-order chi connectivity index (χ1) is 22.5. The fraction of sp³-hybridized carbons (Fsp3) is 0.200. The molecule has 0 spiro atoms. The molecule has 0 saturated carbocycles. The smallest absolute Gasteiger partial charge is 0.373 e. The quantitative estimate of drug-likeness (QED) is 0.219. The van der Waals surface area contributed by atoms with Gasteiger partial charge in [-0.3, -0.25) is 4.79 Å². The fourth-order valence-electron chi connectivity index (χ4n) is 4.38. The Morgan fingerprint density at radius 2 is 1.07 bits per heavy atom. The van der Waals surface area contributed by atoms with Crippen LogP contribution in [0.25, 0.3) is 58.5 Å². The molecule has 2 atom stereocenters. The van der Waals surface area contributed by atoms with Crippen molar-refractivity contribution in [3.05, 3.63) is 72.9 Å². The van der Waals surface area contributed by atoms with Gasteiger partial charge in [0.25, 0.3) is 0 Å². The van der Waals surface area contributed by atoms with Crippen molar-refractivity contribution in [1.82, 2.24) is 29.9 Å². The Morgan fingerprint density at radius 1 is 0.652 bits per heavy atom. The van der Waals surface area contributed by atoms with Gasteiger partial charge in [0.05, 0.1) is 25.4 Å². The van der Waals surface area contributed by atoms with Gasteiger partial charge < -0.3 is 31.2 Å². The van der Waals surface area contributed by atoms with E-state index in [1.165, 1.54) is 44.7 Å². The highest BCUT2D eigenvalue weighted by Gasteiger charge is 2.23. The van der Waals surface area contributed by atoms with Gasteiger partial charge in [-0.15, -0.1) is 0 Å². The number of fused-ring (bicyclic) bond motifs is 16. The van der Waals surface area contributed by atoms with E-state index >= 15 is 0 Å². The standard InChI is InChI=1S/C29H22N6O8.CO2/c1-3-15-4-6-17-9-38-26(30-17)19-14-43-29(35-19)22-12-41-25(33-22)16(8-23(36)37-2)5-7-18-10-39-27(31-18)20-13-42-28(34-20)21-11-40-24(15)32-21;2-1-3/h4-7,9-16H,3,8H2,1-2H3;/b6-4+,7-5+;. The van der Waals surface area contributed by atoms with E-state index in [0.29, 0.717) is 40.1 Å². The van der Waals surface area contributed by atoms with Crippen molar-refractivity contribution in [2.75, 3.05) is 7.11 Å². The summed E-state index contributed by atoms with van der Waals surface area (Å²) in [7, 11) is 1.31. The molecule has 1 aliphatic rings. The molecule has 0 radical (unpaired) electrons. The maximum Gasteiger partial charge on any atom is 0.373 e. The molecule has 6 aromatic rings. The van der Waals surface area contributed by atoms with Crippen LogP contribution in [0, 0.1) is 0 Å². The van der Waals surface area contributed by atoms with Crippen molar-refractivity contribution in [1.29, 1.82) is 0 Å². The summed E-state index contributed by atoms with van der Waals surface area (Å²) in [6.45, 7) is 2.02. The average molecular weight is 627 g/mol. The molecule has 6 aromatic heterocycles. The Bertz CT molecular complexity index is 2050. The predicted octanol–water partition coefficient (Wildman–Crippen LogP) is 5.58. The SMILES string of the molecule is CCC1/C=C/c2coc(n2)-c2coc(n2)-c2coc(n2)C(CC(=O)OC)/C=C/c2coc(n2)-c2coc(n2)-c2coc1n2.O=C=O. The number of hydrogen-bond donors (Lipinski definition) is 0. The van der Waals surface area contributed by atoms with Crippen molar-refractivity contribution < 1.29 is 45.6 Å². The van der Waals surface area contributed by atoms with Gasteiger partial charge in [-0.25, -0.2) is 29.9 Å². The number of carbonyl (C=O) groups excluding carboxylic acids is 3. The number of hydrogen-bond acceptors (Lipinski definition) is 16. The normalized spacial score (nSPS) is 16.7. The van der Waals surface area contributed by atoms with Gasteiger partial charge in [0.2, 0.25) is 35.3 Å². The van der Waals surface area contributed by atoms with Gasteiger partial charge in [0, 0.05) is 0 Å². The van der Waals surface area contributed by atoms with Crippen LogP contribution in [0.4, 0.5) is 0 Å². The zero-order valence-electron chi connectivity index (χ0n) is 24.1. The first-order valence-corrected chi connectivity index (χ1v) is 13.6. The van der Waals surface area contributed by atoms with Crippen LogP contribution in [-0.4, -0.2) is 49.1 Å². The maximum absolute atomic E-state index is 12.2. The lowest BCUT2D eigenvalue weighted by atomic mass is 10.0. The number of nitrogens with zero attached hydrogens (tertiary/aromatic N) is 6. The number of methoxy groups -OCH3 is 1. The van der Waals surface area contributed by atoms with E-state index in [-0.39, 0.29) is 47.9 Å². The minimum absolute atomic E-state index is 0.0354. The Labute approximate surface area is 257 Å². The van der Waals surface area contributed by atoms with Crippen molar-refractivity contribution in [2.24, 2.45) is 0 Å². The number of ether oxygens (including phenoxy) is 1. The lowest BCUT2D eigenvalue weighted by Crippen LogP contribution is -2.07. The highest BCUT2D eigenvalue weighted by atomic mass is 16.5. The van der Waals surface area contributed by atoms with E-state index in [4.69, 9.17) is 40.8 Å². The lowest BCUT2D eigenvalue weighted by Gasteiger charge is -2.06. The topological polar surface area (TPSA) is 217 Å². The van der Waals surface area contributed by atoms with Crippen LogP contribution in [0.3, 0.4) is 0 Å². The van der Waals surface area contributed by atoms with E-state index in [2.05, 4.69) is 29.9 Å². The first kappa shape index (κ1) is 29.7. The third-order valence-corrected chi connectivity index (χ3v) is 6.66. The van der Waals surface area contributed by atoms with E-state index in [0.717, 1.165) is 6.42 Å². The van der Waals surface area contributed by atoms with Gasteiger partial charge in [-0.05, 0) is 18.6 Å². The van der Waals surface area contributed by atoms with E-state index < -0.39 is 11.9 Å². The molecule has 16 nitrogen and oxygen atoms in total. The van der Waals surface area contributed by atoms with Crippen LogP contribution in [0.2, 0.25) is 0 Å². The summed E-state index contributed by atoms with van der Waals surface area (Å²) in [4.78, 5) is 55.4. The molecule has 0 N–H and O–H groups in total. The fourth-order valence-corrected chi connectivity index (χ4v) is 4.38. The predicted molar refractivity (Wildman–Crippen MR) is 150 cm³/mol. The number of esters is 1. The molecule has 0 aromatic carbocycles. The Kier molecular flexibility index (Phi) is 8.43. The minimum Gasteiger partial charge on any atom is -0.469 e. The average Bonchev–Trinajstić information content (AvgIpc) is 3.89. The Morgan fingerprint density at radius 3 is 1.57 bits per heavy atom. The Hall–Kier alpha value is -6.41. The van der Waals surface area contributed by atoms with Crippen molar-refractivity contribution >= 4 is 24.3 Å². The third-order valence-electron chi connectivity index (χ3n) is 6.66. The van der Waals surface area contributed by atoms with E-state index in [1.807, 2.05) is 19.1 Å². The van der Waals surface area contributed by atoms with Crippen LogP contribution in [-0.2, 0) is 19.1 Å². The summed E-state index contributed by atoms with van der Waals surface area (Å²) in [5, 5.41) is 0. The van der Waals surface area contributed by atoms with Crippen LogP contribution in [0.15, 0.2) is 76.2 Å². The molecule has 0 fully saturated rings. The molecule has 232 valence electrons. The second kappa shape index (κ2) is 13.1. The van der Waals surface area contributed by atoms with Gasteiger partial charge in [0.1, 0.15) is 49.0 Å². The van der Waals surface area contributed by atoms with Crippen molar-refractivity contribution in [2.45, 2.75) is 31.6 Å². The largest absolute Gasteiger partial charge is 0.469 e. The number of aromatic nitrogens is 6. The van der Waals surface area contributed by atoms with Crippen molar-refractivity contribution in [3.63, 3.8) is 0 Å². The minimum atomic E-state index is -0.589. The summed E-state index contributed by atoms with van der Waals surface area (Å²) < 4.78 is 38.9.